The van der Waals surface area contributed by atoms with Crippen LogP contribution in [0.3, 0.4) is 0 Å². The summed E-state index contributed by atoms with van der Waals surface area (Å²) in [6, 6.07) is 15.6. The molecule has 0 fully saturated rings. The number of rotatable bonds is 5. The number of thioether (sulfide) groups is 1. The summed E-state index contributed by atoms with van der Waals surface area (Å²) in [6.45, 7) is 0. The maximum absolute atomic E-state index is 9.23. The van der Waals surface area contributed by atoms with Gasteiger partial charge in [0.15, 0.2) is 0 Å². The minimum Gasteiger partial charge on any atom is -0.508 e. The monoisotopic (exact) mass is 337 g/mol. The van der Waals surface area contributed by atoms with Crippen LogP contribution in [0.1, 0.15) is 5.56 Å². The lowest BCUT2D eigenvalue weighted by Crippen LogP contribution is -2.25. The van der Waals surface area contributed by atoms with Gasteiger partial charge in [-0.3, -0.25) is 0 Å². The van der Waals surface area contributed by atoms with Crippen molar-refractivity contribution >= 4 is 27.7 Å². The molecule has 100 valence electrons. The molecule has 0 saturated carbocycles. The first kappa shape index (κ1) is 14.4. The molecule has 0 bridgehead atoms. The summed E-state index contributed by atoms with van der Waals surface area (Å²) in [4.78, 5) is 1.22. The van der Waals surface area contributed by atoms with Gasteiger partial charge in [-0.25, -0.2) is 0 Å². The first-order chi connectivity index (χ1) is 9.13. The van der Waals surface area contributed by atoms with Gasteiger partial charge < -0.3 is 10.8 Å². The zero-order valence-electron chi connectivity index (χ0n) is 10.4. The summed E-state index contributed by atoms with van der Waals surface area (Å²) in [7, 11) is 0. The van der Waals surface area contributed by atoms with Gasteiger partial charge >= 0.3 is 0 Å². The van der Waals surface area contributed by atoms with Gasteiger partial charge in [0.1, 0.15) is 5.75 Å². The molecule has 0 heterocycles. The Hall–Kier alpha value is -0.970. The molecular formula is C15H16BrNOS. The van der Waals surface area contributed by atoms with Crippen LogP contribution in [0.2, 0.25) is 0 Å². The number of nitrogens with two attached hydrogens (primary N) is 1. The molecule has 0 aliphatic heterocycles. The van der Waals surface area contributed by atoms with Crippen molar-refractivity contribution in [2.45, 2.75) is 17.4 Å². The fourth-order valence-corrected chi connectivity index (χ4v) is 3.21. The Labute approximate surface area is 126 Å². The zero-order chi connectivity index (χ0) is 13.7. The largest absolute Gasteiger partial charge is 0.508 e. The lowest BCUT2D eigenvalue weighted by Gasteiger charge is -2.11. The van der Waals surface area contributed by atoms with Crippen molar-refractivity contribution in [1.82, 2.24) is 0 Å². The summed E-state index contributed by atoms with van der Waals surface area (Å²) >= 11 is 5.22. The van der Waals surface area contributed by atoms with Crippen LogP contribution in [0.4, 0.5) is 0 Å². The van der Waals surface area contributed by atoms with Crippen LogP contribution < -0.4 is 5.73 Å². The van der Waals surface area contributed by atoms with Gasteiger partial charge in [-0.15, -0.1) is 11.8 Å². The Balaban J connectivity index is 1.84. The number of phenolic OH excluding ortho intramolecular Hbond substituents is 1. The van der Waals surface area contributed by atoms with Crippen LogP contribution in [0.15, 0.2) is 57.9 Å². The molecule has 0 spiro atoms. The number of aromatic hydroxyl groups is 1. The molecule has 2 aromatic rings. The number of hydrogen-bond donors (Lipinski definition) is 2. The molecule has 1 unspecified atom stereocenters. The second-order valence-electron chi connectivity index (χ2n) is 4.40. The van der Waals surface area contributed by atoms with Gasteiger partial charge in [0.2, 0.25) is 0 Å². The van der Waals surface area contributed by atoms with E-state index in [-0.39, 0.29) is 6.04 Å². The highest BCUT2D eigenvalue weighted by atomic mass is 79.9. The molecule has 2 aromatic carbocycles. The van der Waals surface area contributed by atoms with E-state index >= 15 is 0 Å². The lowest BCUT2D eigenvalue weighted by molar-refractivity contribution is 0.475. The van der Waals surface area contributed by atoms with Crippen LogP contribution in [0.25, 0.3) is 0 Å². The highest BCUT2D eigenvalue weighted by molar-refractivity contribution is 9.10. The molecule has 3 N–H and O–H groups in total. The predicted octanol–water partition coefficient (Wildman–Crippen LogP) is 3.82. The quantitative estimate of drug-likeness (QED) is 0.815. The molecule has 0 saturated heterocycles. The molecule has 19 heavy (non-hydrogen) atoms. The molecule has 0 aromatic heterocycles. The molecule has 1 atom stereocenters. The first-order valence-electron chi connectivity index (χ1n) is 6.05. The average molecular weight is 338 g/mol. The zero-order valence-corrected chi connectivity index (χ0v) is 12.8. The topological polar surface area (TPSA) is 46.2 Å². The molecule has 0 aliphatic rings. The fourth-order valence-electron chi connectivity index (χ4n) is 1.75. The van der Waals surface area contributed by atoms with Gasteiger partial charge in [-0.1, -0.05) is 34.1 Å². The van der Waals surface area contributed by atoms with E-state index in [1.807, 2.05) is 24.3 Å². The van der Waals surface area contributed by atoms with Crippen LogP contribution in [0, 0.1) is 0 Å². The van der Waals surface area contributed by atoms with Crippen LogP contribution in [0.5, 0.6) is 5.75 Å². The van der Waals surface area contributed by atoms with Crippen LogP contribution in [-0.2, 0) is 6.42 Å². The van der Waals surface area contributed by atoms with E-state index in [1.54, 1.807) is 23.9 Å². The van der Waals surface area contributed by atoms with Crippen molar-refractivity contribution in [1.29, 1.82) is 0 Å². The molecule has 0 amide bonds. The van der Waals surface area contributed by atoms with E-state index < -0.39 is 0 Å². The lowest BCUT2D eigenvalue weighted by atomic mass is 10.1. The van der Waals surface area contributed by atoms with Gasteiger partial charge in [0.25, 0.3) is 0 Å². The molecule has 0 aliphatic carbocycles. The number of hydrogen-bond acceptors (Lipinski definition) is 3. The van der Waals surface area contributed by atoms with Crippen molar-refractivity contribution in [3.63, 3.8) is 0 Å². The third-order valence-electron chi connectivity index (χ3n) is 2.69. The van der Waals surface area contributed by atoms with E-state index in [9.17, 15) is 5.11 Å². The third kappa shape index (κ3) is 4.90. The van der Waals surface area contributed by atoms with Gasteiger partial charge in [-0.2, -0.15) is 0 Å². The molecule has 0 radical (unpaired) electrons. The normalized spacial score (nSPS) is 12.3. The van der Waals surface area contributed by atoms with Crippen molar-refractivity contribution in [3.8, 4) is 5.75 Å². The Kier molecular flexibility index (Phi) is 5.31. The van der Waals surface area contributed by atoms with E-state index in [1.165, 1.54) is 4.90 Å². The van der Waals surface area contributed by atoms with Crippen LogP contribution >= 0.6 is 27.7 Å². The van der Waals surface area contributed by atoms with E-state index in [0.717, 1.165) is 22.2 Å². The summed E-state index contributed by atoms with van der Waals surface area (Å²) in [5, 5.41) is 9.23. The van der Waals surface area contributed by atoms with E-state index in [0.29, 0.717) is 5.75 Å². The van der Waals surface area contributed by atoms with Gasteiger partial charge in [-0.05, 0) is 42.3 Å². The Morgan fingerprint density at radius 3 is 2.58 bits per heavy atom. The average Bonchev–Trinajstić information content (AvgIpc) is 2.39. The van der Waals surface area contributed by atoms with E-state index in [2.05, 4.69) is 28.1 Å². The highest BCUT2D eigenvalue weighted by Gasteiger charge is 2.05. The van der Waals surface area contributed by atoms with Gasteiger partial charge in [0, 0.05) is 21.2 Å². The first-order valence-corrected chi connectivity index (χ1v) is 7.83. The third-order valence-corrected chi connectivity index (χ3v) is 4.37. The Morgan fingerprint density at radius 2 is 1.89 bits per heavy atom. The highest BCUT2D eigenvalue weighted by Crippen LogP contribution is 2.23. The minimum absolute atomic E-state index is 0.105. The molecular weight excluding hydrogens is 322 g/mol. The molecule has 2 rings (SSSR count). The molecule has 4 heteroatoms. The number of phenols is 1. The maximum Gasteiger partial charge on any atom is 0.115 e. The summed E-state index contributed by atoms with van der Waals surface area (Å²) in [6.07, 6.45) is 0.821. The standard InChI is InChI=1S/C15H16BrNOS/c16-12-2-1-3-15(9-12)19-10-13(17)8-11-4-6-14(18)7-5-11/h1-7,9,13,18H,8,10,17H2. The van der Waals surface area contributed by atoms with Crippen molar-refractivity contribution < 1.29 is 5.11 Å². The summed E-state index contributed by atoms with van der Waals surface area (Å²) in [5.74, 6) is 1.16. The van der Waals surface area contributed by atoms with Crippen molar-refractivity contribution in [2.24, 2.45) is 5.73 Å². The van der Waals surface area contributed by atoms with E-state index in [4.69, 9.17) is 5.73 Å². The minimum atomic E-state index is 0.105. The summed E-state index contributed by atoms with van der Waals surface area (Å²) in [5.41, 5.74) is 7.29. The Bertz CT molecular complexity index is 530. The Morgan fingerprint density at radius 1 is 1.16 bits per heavy atom. The van der Waals surface area contributed by atoms with Crippen LogP contribution in [-0.4, -0.2) is 16.9 Å². The van der Waals surface area contributed by atoms with Crippen molar-refractivity contribution in [2.75, 3.05) is 5.75 Å². The maximum atomic E-state index is 9.23. The SMILES string of the molecule is NC(CSc1cccc(Br)c1)Cc1ccc(O)cc1. The van der Waals surface area contributed by atoms with Crippen molar-refractivity contribution in [3.05, 3.63) is 58.6 Å². The summed E-state index contributed by atoms with van der Waals surface area (Å²) < 4.78 is 1.09. The van der Waals surface area contributed by atoms with Gasteiger partial charge in [0.05, 0.1) is 0 Å². The predicted molar refractivity (Wildman–Crippen MR) is 84.7 cm³/mol. The second-order valence-corrected chi connectivity index (χ2v) is 6.41. The fraction of sp³-hybridized carbons (Fsp3) is 0.200. The number of benzene rings is 2. The molecule has 2 nitrogen and oxygen atoms in total. The number of halogens is 1. The second kappa shape index (κ2) is 6.98. The smallest absolute Gasteiger partial charge is 0.115 e.